The van der Waals surface area contributed by atoms with Gasteiger partial charge in [0.1, 0.15) is 6.61 Å². The van der Waals surface area contributed by atoms with Crippen LogP contribution in [0.15, 0.2) is 0 Å². The molecule has 1 aliphatic rings. The quantitative estimate of drug-likeness (QED) is 0.506. The van der Waals surface area contributed by atoms with Crippen LogP contribution in [0.1, 0.15) is 12.8 Å². The molecule has 0 aliphatic carbocycles. The number of nitrogens with one attached hydrogen (secondary N) is 1. The molecular formula is C8H16N2O3. The predicted molar refractivity (Wildman–Crippen MR) is 47.0 cm³/mol. The minimum Gasteiger partial charge on any atom is -0.395 e. The number of amides is 1. The molecule has 0 aromatic rings. The maximum absolute atomic E-state index is 10.4. The van der Waals surface area contributed by atoms with Crippen molar-refractivity contribution in [3.8, 4) is 0 Å². The average Bonchev–Trinajstić information content (AvgIpc) is 2.15. The van der Waals surface area contributed by atoms with E-state index in [0.29, 0.717) is 6.54 Å². The number of rotatable bonds is 4. The highest BCUT2D eigenvalue weighted by molar-refractivity contribution is 5.75. The summed E-state index contributed by atoms with van der Waals surface area (Å²) in [6, 6.07) is 0.174. The zero-order chi connectivity index (χ0) is 9.68. The van der Waals surface area contributed by atoms with E-state index in [1.165, 1.54) is 0 Å². The van der Waals surface area contributed by atoms with Gasteiger partial charge in [-0.05, 0) is 12.8 Å². The van der Waals surface area contributed by atoms with Gasteiger partial charge in [-0.15, -0.1) is 0 Å². The van der Waals surface area contributed by atoms with Gasteiger partial charge in [-0.25, -0.2) is 0 Å². The molecule has 0 radical (unpaired) electrons. The van der Waals surface area contributed by atoms with Crippen molar-refractivity contribution in [2.45, 2.75) is 25.0 Å². The Morgan fingerprint density at radius 2 is 2.38 bits per heavy atom. The zero-order valence-corrected chi connectivity index (χ0v) is 7.53. The van der Waals surface area contributed by atoms with E-state index in [1.807, 2.05) is 0 Å². The Morgan fingerprint density at radius 1 is 1.62 bits per heavy atom. The summed E-state index contributed by atoms with van der Waals surface area (Å²) in [5.41, 5.74) is 4.94. The Hall–Kier alpha value is -0.650. The predicted octanol–water partition coefficient (Wildman–Crippen LogP) is -1.40. The van der Waals surface area contributed by atoms with E-state index in [0.717, 1.165) is 12.8 Å². The first-order valence-corrected chi connectivity index (χ1v) is 4.46. The van der Waals surface area contributed by atoms with Crippen LogP contribution in [0.25, 0.3) is 0 Å². The molecule has 0 aromatic heterocycles. The molecule has 1 heterocycles. The molecule has 1 aliphatic heterocycles. The van der Waals surface area contributed by atoms with Crippen molar-refractivity contribution >= 4 is 5.91 Å². The molecule has 0 aromatic carbocycles. The number of ether oxygens (including phenoxy) is 1. The van der Waals surface area contributed by atoms with Gasteiger partial charge in [0.25, 0.3) is 0 Å². The van der Waals surface area contributed by atoms with Crippen LogP contribution >= 0.6 is 0 Å². The monoisotopic (exact) mass is 188 g/mol. The molecule has 5 nitrogen and oxygen atoms in total. The standard InChI is InChI=1S/C8H16N2O3/c9-8(12)5-13-7-2-1-6(4-11)10-3-7/h6-7,10-11H,1-5H2,(H2,9,12). The fraction of sp³-hybridized carbons (Fsp3) is 0.875. The summed E-state index contributed by atoms with van der Waals surface area (Å²) in [5.74, 6) is -0.440. The van der Waals surface area contributed by atoms with Crippen molar-refractivity contribution in [3.63, 3.8) is 0 Å². The van der Waals surface area contributed by atoms with Crippen molar-refractivity contribution < 1.29 is 14.6 Å². The van der Waals surface area contributed by atoms with Gasteiger partial charge in [0.05, 0.1) is 12.7 Å². The maximum Gasteiger partial charge on any atom is 0.243 e. The molecule has 76 valence electrons. The molecule has 1 rings (SSSR count). The van der Waals surface area contributed by atoms with Gasteiger partial charge < -0.3 is 20.9 Å². The highest BCUT2D eigenvalue weighted by Gasteiger charge is 2.20. The minimum absolute atomic E-state index is 0.0177. The minimum atomic E-state index is -0.440. The summed E-state index contributed by atoms with van der Waals surface area (Å²) < 4.78 is 5.22. The third-order valence-corrected chi connectivity index (χ3v) is 2.15. The Labute approximate surface area is 77.2 Å². The lowest BCUT2D eigenvalue weighted by molar-refractivity contribution is -0.125. The molecule has 13 heavy (non-hydrogen) atoms. The highest BCUT2D eigenvalue weighted by atomic mass is 16.5. The largest absolute Gasteiger partial charge is 0.395 e. The van der Waals surface area contributed by atoms with Crippen LogP contribution in [-0.4, -0.2) is 42.9 Å². The first kappa shape index (κ1) is 10.4. The number of carbonyl (C=O) groups excluding carboxylic acids is 1. The summed E-state index contributed by atoms with van der Waals surface area (Å²) in [6.45, 7) is 0.817. The number of primary amides is 1. The Kier molecular flexibility index (Phi) is 4.14. The molecule has 1 saturated heterocycles. The van der Waals surface area contributed by atoms with Gasteiger partial charge in [0.2, 0.25) is 5.91 Å². The average molecular weight is 188 g/mol. The van der Waals surface area contributed by atoms with Gasteiger partial charge in [-0.1, -0.05) is 0 Å². The molecule has 1 fully saturated rings. The van der Waals surface area contributed by atoms with Crippen LogP contribution in [0.3, 0.4) is 0 Å². The lowest BCUT2D eigenvalue weighted by Crippen LogP contribution is -2.45. The van der Waals surface area contributed by atoms with Crippen molar-refractivity contribution in [1.82, 2.24) is 5.32 Å². The fourth-order valence-electron chi connectivity index (χ4n) is 1.39. The second-order valence-corrected chi connectivity index (χ2v) is 3.26. The van der Waals surface area contributed by atoms with Crippen LogP contribution in [0.5, 0.6) is 0 Å². The van der Waals surface area contributed by atoms with Crippen LogP contribution in [-0.2, 0) is 9.53 Å². The smallest absolute Gasteiger partial charge is 0.243 e. The molecule has 2 unspecified atom stereocenters. The number of aliphatic hydroxyl groups is 1. The van der Waals surface area contributed by atoms with Gasteiger partial charge >= 0.3 is 0 Å². The topological polar surface area (TPSA) is 84.6 Å². The van der Waals surface area contributed by atoms with Gasteiger partial charge in [-0.2, -0.15) is 0 Å². The van der Waals surface area contributed by atoms with Crippen LogP contribution < -0.4 is 11.1 Å². The van der Waals surface area contributed by atoms with Gasteiger partial charge in [0.15, 0.2) is 0 Å². The van der Waals surface area contributed by atoms with E-state index in [4.69, 9.17) is 15.6 Å². The van der Waals surface area contributed by atoms with E-state index in [-0.39, 0.29) is 25.4 Å². The lowest BCUT2D eigenvalue weighted by atomic mass is 10.0. The summed E-state index contributed by atoms with van der Waals surface area (Å²) in [7, 11) is 0. The second-order valence-electron chi connectivity index (χ2n) is 3.26. The van der Waals surface area contributed by atoms with E-state index in [9.17, 15) is 4.79 Å². The van der Waals surface area contributed by atoms with E-state index >= 15 is 0 Å². The summed E-state index contributed by atoms with van der Waals surface area (Å²) >= 11 is 0. The molecule has 4 N–H and O–H groups in total. The van der Waals surface area contributed by atoms with Crippen LogP contribution in [0, 0.1) is 0 Å². The van der Waals surface area contributed by atoms with Gasteiger partial charge in [0, 0.05) is 12.6 Å². The first-order chi connectivity index (χ1) is 6.22. The molecule has 5 heteroatoms. The SMILES string of the molecule is NC(=O)COC1CCC(CO)NC1. The van der Waals surface area contributed by atoms with Crippen molar-refractivity contribution in [1.29, 1.82) is 0 Å². The van der Waals surface area contributed by atoms with Crippen molar-refractivity contribution in [2.75, 3.05) is 19.8 Å². The molecule has 1 amide bonds. The summed E-state index contributed by atoms with van der Waals surface area (Å²) in [4.78, 5) is 10.4. The number of hydrogen-bond acceptors (Lipinski definition) is 4. The Balaban J connectivity index is 2.14. The Morgan fingerprint density at radius 3 is 2.85 bits per heavy atom. The number of carbonyl (C=O) groups is 1. The van der Waals surface area contributed by atoms with Crippen LogP contribution in [0.4, 0.5) is 0 Å². The van der Waals surface area contributed by atoms with Crippen molar-refractivity contribution in [2.24, 2.45) is 5.73 Å². The number of piperidine rings is 1. The fourth-order valence-corrected chi connectivity index (χ4v) is 1.39. The third-order valence-electron chi connectivity index (χ3n) is 2.15. The highest BCUT2D eigenvalue weighted by Crippen LogP contribution is 2.10. The maximum atomic E-state index is 10.4. The van der Waals surface area contributed by atoms with E-state index in [1.54, 1.807) is 0 Å². The zero-order valence-electron chi connectivity index (χ0n) is 7.53. The summed E-state index contributed by atoms with van der Waals surface area (Å²) in [5, 5.41) is 11.9. The third kappa shape index (κ3) is 3.71. The lowest BCUT2D eigenvalue weighted by Gasteiger charge is -2.28. The number of aliphatic hydroxyl groups excluding tert-OH is 1. The summed E-state index contributed by atoms with van der Waals surface area (Å²) in [6.07, 6.45) is 1.79. The molecule has 0 bridgehead atoms. The Bertz CT molecular complexity index is 167. The van der Waals surface area contributed by atoms with Crippen LogP contribution in [0.2, 0.25) is 0 Å². The van der Waals surface area contributed by atoms with Gasteiger partial charge in [-0.3, -0.25) is 4.79 Å². The van der Waals surface area contributed by atoms with E-state index < -0.39 is 5.91 Å². The van der Waals surface area contributed by atoms with E-state index in [2.05, 4.69) is 5.32 Å². The first-order valence-electron chi connectivity index (χ1n) is 4.46. The molecular weight excluding hydrogens is 172 g/mol. The molecule has 2 atom stereocenters. The second kappa shape index (κ2) is 5.16. The molecule has 0 spiro atoms. The molecule has 0 saturated carbocycles. The van der Waals surface area contributed by atoms with Crippen molar-refractivity contribution in [3.05, 3.63) is 0 Å². The normalized spacial score (nSPS) is 28.7. The number of hydrogen-bond donors (Lipinski definition) is 3. The number of nitrogens with two attached hydrogens (primary N) is 1.